The summed E-state index contributed by atoms with van der Waals surface area (Å²) in [5.74, 6) is 0. The molecule has 0 unspecified atom stereocenters. The molecule has 0 saturated heterocycles. The molecule has 0 spiro atoms. The number of hydrogen-bond donors (Lipinski definition) is 0. The van der Waals surface area contributed by atoms with Crippen LogP contribution < -0.4 is 10.5 Å². The van der Waals surface area contributed by atoms with Gasteiger partial charge in [0.05, 0.1) is 33.6 Å². The van der Waals surface area contributed by atoms with Gasteiger partial charge in [0.15, 0.2) is 15.0 Å². The first-order valence-electron chi connectivity index (χ1n) is 9.55. The highest BCUT2D eigenvalue weighted by Crippen LogP contribution is 2.34. The lowest BCUT2D eigenvalue weighted by Gasteiger charge is -2.15. The first-order valence-corrected chi connectivity index (χ1v) is 12.3. The van der Waals surface area contributed by atoms with Gasteiger partial charge in [-0.05, 0) is 25.1 Å². The smallest absolute Gasteiger partial charge is 0.288 e. The lowest BCUT2D eigenvalue weighted by Crippen LogP contribution is -2.20. The third-order valence-corrected chi connectivity index (χ3v) is 7.16. The molecule has 0 aliphatic heterocycles. The Balaban J connectivity index is 1.70. The van der Waals surface area contributed by atoms with Crippen molar-refractivity contribution >= 4 is 42.1 Å². The van der Waals surface area contributed by atoms with Crippen LogP contribution in [0.4, 0.5) is 10.8 Å². The van der Waals surface area contributed by atoms with Gasteiger partial charge in [0.2, 0.25) is 0 Å². The van der Waals surface area contributed by atoms with Crippen molar-refractivity contribution in [3.05, 3.63) is 74.3 Å². The van der Waals surface area contributed by atoms with Crippen molar-refractivity contribution in [3.8, 4) is 5.69 Å². The number of nitro groups is 1. The molecule has 0 radical (unpaired) electrons. The molecule has 11 nitrogen and oxygen atoms in total. The normalized spacial score (nSPS) is 11.6. The van der Waals surface area contributed by atoms with E-state index in [0.717, 1.165) is 41.0 Å². The van der Waals surface area contributed by atoms with E-state index in [1.807, 2.05) is 31.2 Å². The zero-order valence-electron chi connectivity index (χ0n) is 17.8. The zero-order chi connectivity index (χ0) is 23.9. The Labute approximate surface area is 192 Å². The molecule has 0 N–H and O–H groups in total. The van der Waals surface area contributed by atoms with Gasteiger partial charge in [0.25, 0.3) is 11.2 Å². The second-order valence-electron chi connectivity index (χ2n) is 7.50. The van der Waals surface area contributed by atoms with Gasteiger partial charge in [0.1, 0.15) is 10.4 Å². The summed E-state index contributed by atoms with van der Waals surface area (Å²) in [6, 6.07) is 9.84. The molecule has 33 heavy (non-hydrogen) atoms. The second kappa shape index (κ2) is 8.33. The third kappa shape index (κ3) is 4.59. The van der Waals surface area contributed by atoms with Crippen LogP contribution in [0.3, 0.4) is 0 Å². The van der Waals surface area contributed by atoms with Crippen LogP contribution >= 0.6 is 11.3 Å². The summed E-state index contributed by atoms with van der Waals surface area (Å²) >= 11 is 0.931. The van der Waals surface area contributed by atoms with Crippen LogP contribution in [0.1, 0.15) is 11.3 Å². The fourth-order valence-electron chi connectivity index (χ4n) is 3.13. The van der Waals surface area contributed by atoms with Gasteiger partial charge < -0.3 is 4.90 Å². The Morgan fingerprint density at radius 1 is 1.21 bits per heavy atom. The SMILES string of the molecule is Cc1ccc(-n2cc(CN(C)c3nc(=O)c4cc(S(C)(=O)=O)cc([N+](=O)[O-])c4s3)nn2)cc1. The summed E-state index contributed by atoms with van der Waals surface area (Å²) in [5, 5.41) is 20.0. The minimum absolute atomic E-state index is 0.0533. The third-order valence-electron chi connectivity index (χ3n) is 4.85. The van der Waals surface area contributed by atoms with Gasteiger partial charge in [-0.15, -0.1) is 5.10 Å². The highest BCUT2D eigenvalue weighted by molar-refractivity contribution is 7.90. The molecule has 0 bridgehead atoms. The van der Waals surface area contributed by atoms with Crippen molar-refractivity contribution in [2.24, 2.45) is 0 Å². The number of rotatable bonds is 6. The predicted molar refractivity (Wildman–Crippen MR) is 124 cm³/mol. The van der Waals surface area contributed by atoms with Crippen LogP contribution in [0.15, 0.2) is 52.3 Å². The molecule has 0 aliphatic carbocycles. The van der Waals surface area contributed by atoms with Gasteiger partial charge in [-0.2, -0.15) is 4.98 Å². The average Bonchev–Trinajstić information content (AvgIpc) is 3.21. The number of aromatic nitrogens is 4. The fraction of sp³-hybridized carbons (Fsp3) is 0.200. The van der Waals surface area contributed by atoms with E-state index in [1.54, 1.807) is 22.8 Å². The molecule has 13 heteroatoms. The number of nitrogens with zero attached hydrogens (tertiary/aromatic N) is 6. The highest BCUT2D eigenvalue weighted by atomic mass is 32.2. The van der Waals surface area contributed by atoms with Crippen LogP contribution in [-0.4, -0.2) is 46.6 Å². The summed E-state index contributed by atoms with van der Waals surface area (Å²) in [6.07, 6.45) is 2.66. The number of aryl methyl sites for hydroxylation is 1. The molecule has 170 valence electrons. The van der Waals surface area contributed by atoms with Crippen molar-refractivity contribution in [2.45, 2.75) is 18.4 Å². The van der Waals surface area contributed by atoms with Gasteiger partial charge in [-0.3, -0.25) is 14.9 Å². The van der Waals surface area contributed by atoms with E-state index >= 15 is 0 Å². The van der Waals surface area contributed by atoms with E-state index in [0.29, 0.717) is 5.69 Å². The summed E-state index contributed by atoms with van der Waals surface area (Å²) in [6.45, 7) is 2.23. The molecule has 0 fully saturated rings. The van der Waals surface area contributed by atoms with Crippen LogP contribution in [0, 0.1) is 17.0 Å². The van der Waals surface area contributed by atoms with E-state index < -0.39 is 26.0 Å². The fourth-order valence-corrected chi connectivity index (χ4v) is 4.82. The van der Waals surface area contributed by atoms with Gasteiger partial charge >= 0.3 is 0 Å². The summed E-state index contributed by atoms with van der Waals surface area (Å²) < 4.78 is 25.5. The van der Waals surface area contributed by atoms with E-state index in [-0.39, 0.29) is 26.7 Å². The maximum absolute atomic E-state index is 12.6. The van der Waals surface area contributed by atoms with Crippen LogP contribution in [0.25, 0.3) is 15.8 Å². The molecule has 4 rings (SSSR count). The number of non-ortho nitro benzene ring substituents is 1. The quantitative estimate of drug-likeness (QED) is 0.297. The number of anilines is 1. The van der Waals surface area contributed by atoms with Crippen molar-refractivity contribution in [3.63, 3.8) is 0 Å². The first kappa shape index (κ1) is 22.5. The Hall–Kier alpha value is -3.71. The molecular weight excluding hydrogens is 468 g/mol. The van der Waals surface area contributed by atoms with Crippen molar-refractivity contribution < 1.29 is 13.3 Å². The largest absolute Gasteiger partial charge is 0.345 e. The van der Waals surface area contributed by atoms with Crippen molar-refractivity contribution in [2.75, 3.05) is 18.2 Å². The predicted octanol–water partition coefficient (Wildman–Crippen LogP) is 2.49. The van der Waals surface area contributed by atoms with E-state index in [1.165, 1.54) is 0 Å². The molecule has 2 aromatic carbocycles. The maximum atomic E-state index is 12.6. The van der Waals surface area contributed by atoms with Crippen molar-refractivity contribution in [1.82, 2.24) is 20.0 Å². The highest BCUT2D eigenvalue weighted by Gasteiger charge is 2.23. The molecule has 0 saturated carbocycles. The molecule has 0 aliphatic rings. The van der Waals surface area contributed by atoms with Gasteiger partial charge in [-0.25, -0.2) is 13.1 Å². The lowest BCUT2D eigenvalue weighted by atomic mass is 10.2. The molecule has 2 aromatic heterocycles. The van der Waals surface area contributed by atoms with Crippen LogP contribution in [0.5, 0.6) is 0 Å². The molecule has 0 atom stereocenters. The van der Waals surface area contributed by atoms with E-state index in [9.17, 15) is 23.3 Å². The number of fused-ring (bicyclic) bond motifs is 1. The average molecular weight is 487 g/mol. The summed E-state index contributed by atoms with van der Waals surface area (Å²) in [4.78, 5) is 28.9. The summed E-state index contributed by atoms with van der Waals surface area (Å²) in [5.41, 5.74) is 1.35. The minimum Gasteiger partial charge on any atom is -0.345 e. The summed E-state index contributed by atoms with van der Waals surface area (Å²) in [7, 11) is -2.08. The van der Waals surface area contributed by atoms with Gasteiger partial charge in [0, 0.05) is 19.4 Å². The molecule has 4 aromatic rings. The topological polar surface area (TPSA) is 141 Å². The molecule has 0 amide bonds. The van der Waals surface area contributed by atoms with Crippen LogP contribution in [-0.2, 0) is 16.4 Å². The van der Waals surface area contributed by atoms with Crippen LogP contribution in [0.2, 0.25) is 0 Å². The maximum Gasteiger partial charge on any atom is 0.288 e. The number of benzene rings is 2. The number of sulfone groups is 1. The standard InChI is InChI=1S/C20H18N6O5S2/c1-12-4-6-14(7-5-12)25-11-13(22-23-25)10-24(2)20-21-19(27)16-8-15(33(3,30)31)9-17(26(28)29)18(16)32-20/h4-9,11H,10H2,1-3H3. The number of nitro benzene ring substituents is 1. The van der Waals surface area contributed by atoms with Gasteiger partial charge in [-0.1, -0.05) is 34.2 Å². The Kier molecular flexibility index (Phi) is 5.68. The van der Waals surface area contributed by atoms with Crippen molar-refractivity contribution in [1.29, 1.82) is 0 Å². The minimum atomic E-state index is -3.75. The Bertz CT molecular complexity index is 1540. The van der Waals surface area contributed by atoms with E-state index in [4.69, 9.17) is 0 Å². The lowest BCUT2D eigenvalue weighted by molar-refractivity contribution is -0.383. The van der Waals surface area contributed by atoms with E-state index in [2.05, 4.69) is 15.3 Å². The Morgan fingerprint density at radius 3 is 2.55 bits per heavy atom. The number of hydrogen-bond acceptors (Lipinski definition) is 10. The second-order valence-corrected chi connectivity index (χ2v) is 10.5. The zero-order valence-corrected chi connectivity index (χ0v) is 19.4. The first-order chi connectivity index (χ1) is 15.5. The Morgan fingerprint density at radius 2 is 1.91 bits per heavy atom. The molecular formula is C20H18N6O5S2. The molecule has 2 heterocycles. The monoisotopic (exact) mass is 486 g/mol.